The summed E-state index contributed by atoms with van der Waals surface area (Å²) in [5.74, 6) is -0.693. The predicted octanol–water partition coefficient (Wildman–Crippen LogP) is 3.82. The van der Waals surface area contributed by atoms with Gasteiger partial charge in [0.1, 0.15) is 11.6 Å². The van der Waals surface area contributed by atoms with Gasteiger partial charge in [0.05, 0.1) is 0 Å². The van der Waals surface area contributed by atoms with Crippen molar-refractivity contribution in [3.05, 3.63) is 60.3 Å². The minimum absolute atomic E-state index is 0.0505. The van der Waals surface area contributed by atoms with E-state index in [1.807, 2.05) is 36.6 Å². The SMILES string of the molecule is CSc1cccc(N/C=C(/C#N)C(=O)Nc2ccc(NC(C)=O)cc2)c1. The molecular weight excluding hydrogens is 348 g/mol. The monoisotopic (exact) mass is 366 g/mol. The Morgan fingerprint density at radius 1 is 1.04 bits per heavy atom. The molecule has 3 N–H and O–H groups in total. The molecule has 2 aromatic carbocycles. The topological polar surface area (TPSA) is 94.0 Å². The Morgan fingerprint density at radius 2 is 1.69 bits per heavy atom. The maximum Gasteiger partial charge on any atom is 0.267 e. The van der Waals surface area contributed by atoms with Crippen LogP contribution < -0.4 is 16.0 Å². The summed E-state index contributed by atoms with van der Waals surface area (Å²) in [5, 5.41) is 17.5. The fourth-order valence-corrected chi connectivity index (χ4v) is 2.52. The third-order valence-electron chi connectivity index (χ3n) is 3.28. The summed E-state index contributed by atoms with van der Waals surface area (Å²) in [6, 6.07) is 16.2. The number of rotatable bonds is 6. The minimum atomic E-state index is -0.520. The highest BCUT2D eigenvalue weighted by Gasteiger charge is 2.09. The van der Waals surface area contributed by atoms with E-state index in [2.05, 4.69) is 16.0 Å². The second kappa shape index (κ2) is 9.30. The fraction of sp³-hybridized carbons (Fsp3) is 0.105. The first kappa shape index (κ1) is 19.1. The number of amides is 2. The maximum absolute atomic E-state index is 12.2. The Hall–Kier alpha value is -3.24. The van der Waals surface area contributed by atoms with Gasteiger partial charge in [-0.05, 0) is 48.7 Å². The molecule has 0 radical (unpaired) electrons. The lowest BCUT2D eigenvalue weighted by molar-refractivity contribution is -0.114. The molecule has 0 saturated carbocycles. The Balaban J connectivity index is 2.03. The lowest BCUT2D eigenvalue weighted by atomic mass is 10.2. The van der Waals surface area contributed by atoms with Gasteiger partial charge in [-0.3, -0.25) is 9.59 Å². The average molecular weight is 366 g/mol. The first-order valence-electron chi connectivity index (χ1n) is 7.71. The fourth-order valence-electron chi connectivity index (χ4n) is 2.06. The van der Waals surface area contributed by atoms with Crippen LogP contribution in [0.1, 0.15) is 6.92 Å². The Kier molecular flexibility index (Phi) is 6.83. The molecule has 2 aromatic rings. The number of hydrogen-bond donors (Lipinski definition) is 3. The molecule has 0 unspecified atom stereocenters. The quantitative estimate of drug-likeness (QED) is 0.410. The van der Waals surface area contributed by atoms with E-state index in [1.54, 1.807) is 36.0 Å². The zero-order valence-electron chi connectivity index (χ0n) is 14.4. The van der Waals surface area contributed by atoms with Crippen molar-refractivity contribution in [3.8, 4) is 6.07 Å². The van der Waals surface area contributed by atoms with Crippen molar-refractivity contribution in [2.75, 3.05) is 22.2 Å². The molecule has 0 fully saturated rings. The second-order valence-electron chi connectivity index (χ2n) is 5.26. The van der Waals surface area contributed by atoms with Crippen molar-refractivity contribution in [3.63, 3.8) is 0 Å². The Labute approximate surface area is 156 Å². The van der Waals surface area contributed by atoms with Gasteiger partial charge in [0.15, 0.2) is 0 Å². The van der Waals surface area contributed by atoms with Crippen LogP contribution in [0.25, 0.3) is 0 Å². The second-order valence-corrected chi connectivity index (χ2v) is 6.14. The summed E-state index contributed by atoms with van der Waals surface area (Å²) in [6.45, 7) is 1.42. The zero-order valence-corrected chi connectivity index (χ0v) is 15.2. The van der Waals surface area contributed by atoms with Crippen LogP contribution in [0, 0.1) is 11.3 Å². The number of benzene rings is 2. The lowest BCUT2D eigenvalue weighted by Gasteiger charge is -2.07. The molecule has 0 aliphatic rings. The summed E-state index contributed by atoms with van der Waals surface area (Å²) < 4.78 is 0. The standard InChI is InChI=1S/C19H18N4O2S/c1-13(24)22-15-6-8-16(9-7-15)23-19(25)14(11-20)12-21-17-4-3-5-18(10-17)26-2/h3-10,12,21H,1-2H3,(H,22,24)(H,23,25)/b14-12-. The van der Waals surface area contributed by atoms with Gasteiger partial charge in [0, 0.05) is 35.1 Å². The highest BCUT2D eigenvalue weighted by atomic mass is 32.2. The van der Waals surface area contributed by atoms with Crippen molar-refractivity contribution in [1.82, 2.24) is 0 Å². The Morgan fingerprint density at radius 3 is 2.27 bits per heavy atom. The molecule has 0 spiro atoms. The molecular formula is C19H18N4O2S. The zero-order chi connectivity index (χ0) is 18.9. The molecule has 0 aliphatic heterocycles. The molecule has 2 amide bonds. The van der Waals surface area contributed by atoms with Gasteiger partial charge in [0.25, 0.3) is 5.91 Å². The summed E-state index contributed by atoms with van der Waals surface area (Å²) in [5.41, 5.74) is 1.89. The normalized spacial score (nSPS) is 10.6. The largest absolute Gasteiger partial charge is 0.360 e. The van der Waals surface area contributed by atoms with Gasteiger partial charge < -0.3 is 16.0 Å². The van der Waals surface area contributed by atoms with Gasteiger partial charge in [-0.15, -0.1) is 11.8 Å². The molecule has 6 nitrogen and oxygen atoms in total. The van der Waals surface area contributed by atoms with Crippen LogP contribution in [0.4, 0.5) is 17.1 Å². The molecule has 0 aromatic heterocycles. The van der Waals surface area contributed by atoms with E-state index in [-0.39, 0.29) is 11.5 Å². The third kappa shape index (κ3) is 5.69. The van der Waals surface area contributed by atoms with Crippen molar-refractivity contribution < 1.29 is 9.59 Å². The average Bonchev–Trinajstić information content (AvgIpc) is 2.63. The van der Waals surface area contributed by atoms with Crippen LogP contribution in [0.15, 0.2) is 65.2 Å². The van der Waals surface area contributed by atoms with Crippen LogP contribution in [0.5, 0.6) is 0 Å². The molecule has 0 saturated heterocycles. The molecule has 0 heterocycles. The van der Waals surface area contributed by atoms with Crippen molar-refractivity contribution in [2.24, 2.45) is 0 Å². The number of anilines is 3. The number of nitriles is 1. The first-order chi connectivity index (χ1) is 12.5. The van der Waals surface area contributed by atoms with Crippen LogP contribution >= 0.6 is 11.8 Å². The van der Waals surface area contributed by atoms with Gasteiger partial charge in [-0.1, -0.05) is 6.07 Å². The van der Waals surface area contributed by atoms with E-state index in [4.69, 9.17) is 0 Å². The van der Waals surface area contributed by atoms with E-state index in [0.717, 1.165) is 10.6 Å². The smallest absolute Gasteiger partial charge is 0.267 e. The van der Waals surface area contributed by atoms with Crippen molar-refractivity contribution in [2.45, 2.75) is 11.8 Å². The molecule has 0 aliphatic carbocycles. The molecule has 26 heavy (non-hydrogen) atoms. The van der Waals surface area contributed by atoms with Crippen LogP contribution in [-0.4, -0.2) is 18.1 Å². The summed E-state index contributed by atoms with van der Waals surface area (Å²) in [6.07, 6.45) is 3.35. The minimum Gasteiger partial charge on any atom is -0.360 e. The number of nitrogens with zero attached hydrogens (tertiary/aromatic N) is 1. The Bertz CT molecular complexity index is 870. The third-order valence-corrected chi connectivity index (χ3v) is 4.01. The molecule has 0 bridgehead atoms. The number of carbonyl (C=O) groups excluding carboxylic acids is 2. The van der Waals surface area contributed by atoms with Gasteiger partial charge in [-0.2, -0.15) is 5.26 Å². The van der Waals surface area contributed by atoms with Crippen LogP contribution in [0.2, 0.25) is 0 Å². The van der Waals surface area contributed by atoms with Crippen LogP contribution in [-0.2, 0) is 9.59 Å². The van der Waals surface area contributed by atoms with E-state index < -0.39 is 5.91 Å². The van der Waals surface area contributed by atoms with Gasteiger partial charge >= 0.3 is 0 Å². The van der Waals surface area contributed by atoms with E-state index in [0.29, 0.717) is 11.4 Å². The number of thioether (sulfide) groups is 1. The maximum atomic E-state index is 12.2. The highest BCUT2D eigenvalue weighted by Crippen LogP contribution is 2.19. The molecule has 132 valence electrons. The molecule has 0 atom stereocenters. The first-order valence-corrected chi connectivity index (χ1v) is 8.94. The molecule has 2 rings (SSSR count). The number of carbonyl (C=O) groups is 2. The van der Waals surface area contributed by atoms with E-state index >= 15 is 0 Å². The number of hydrogen-bond acceptors (Lipinski definition) is 5. The summed E-state index contributed by atoms with van der Waals surface area (Å²) in [4.78, 5) is 24.3. The summed E-state index contributed by atoms with van der Waals surface area (Å²) in [7, 11) is 0. The number of nitrogens with one attached hydrogen (secondary N) is 3. The van der Waals surface area contributed by atoms with Crippen LogP contribution in [0.3, 0.4) is 0 Å². The van der Waals surface area contributed by atoms with E-state index in [1.165, 1.54) is 13.1 Å². The highest BCUT2D eigenvalue weighted by molar-refractivity contribution is 7.98. The van der Waals surface area contributed by atoms with Gasteiger partial charge in [0.2, 0.25) is 5.91 Å². The van der Waals surface area contributed by atoms with E-state index in [9.17, 15) is 14.9 Å². The predicted molar refractivity (Wildman–Crippen MR) is 105 cm³/mol. The lowest BCUT2D eigenvalue weighted by Crippen LogP contribution is -2.14. The van der Waals surface area contributed by atoms with Gasteiger partial charge in [-0.25, -0.2) is 0 Å². The molecule has 7 heteroatoms. The summed E-state index contributed by atoms with van der Waals surface area (Å²) >= 11 is 1.60. The van der Waals surface area contributed by atoms with Crippen molar-refractivity contribution in [1.29, 1.82) is 5.26 Å². The van der Waals surface area contributed by atoms with Crippen molar-refractivity contribution >= 4 is 40.6 Å².